The molecular formula is C25H22ClN3O2S. The van der Waals surface area contributed by atoms with Crippen LogP contribution in [0.1, 0.15) is 30.2 Å². The molecule has 2 aromatic carbocycles. The van der Waals surface area contributed by atoms with E-state index in [1.165, 1.54) is 0 Å². The van der Waals surface area contributed by atoms with Crippen molar-refractivity contribution in [2.45, 2.75) is 25.3 Å². The van der Waals surface area contributed by atoms with Crippen LogP contribution in [0.5, 0.6) is 0 Å². The standard InChI is InChI=1S/C25H22ClN3O2S/c26-16-7-1-2-8-17(16)28-23(31)15-29-20-11-4-3-9-18(20)27-19-10-5-12-21(30)24(19)25(29)22-13-6-14-32-22/h1-4,6-9,11,13-14,25,27H,5,10,12,15H2,(H,28,31). The SMILES string of the molecule is O=C(CN1c2ccccc2NC2=C(C(=O)CCC2)C1c1cccs1)Nc1ccccc1Cl. The van der Waals surface area contributed by atoms with Crippen molar-refractivity contribution < 1.29 is 9.59 Å². The largest absolute Gasteiger partial charge is 0.357 e. The summed E-state index contributed by atoms with van der Waals surface area (Å²) in [7, 11) is 0. The lowest BCUT2D eigenvalue weighted by molar-refractivity contribution is -0.117. The van der Waals surface area contributed by atoms with E-state index in [-0.39, 0.29) is 24.3 Å². The van der Waals surface area contributed by atoms with Gasteiger partial charge in [0.05, 0.1) is 34.7 Å². The number of allylic oxidation sites excluding steroid dienone is 1. The first-order valence-corrected chi connectivity index (χ1v) is 11.8. The molecule has 5 rings (SSSR count). The number of rotatable bonds is 4. The molecule has 2 heterocycles. The molecule has 0 bridgehead atoms. The summed E-state index contributed by atoms with van der Waals surface area (Å²) in [4.78, 5) is 29.4. The molecule has 2 aliphatic rings. The molecule has 162 valence electrons. The number of anilines is 3. The van der Waals surface area contributed by atoms with Crippen LogP contribution < -0.4 is 15.5 Å². The lowest BCUT2D eigenvalue weighted by atomic mass is 9.88. The third kappa shape index (κ3) is 3.92. The molecule has 32 heavy (non-hydrogen) atoms. The summed E-state index contributed by atoms with van der Waals surface area (Å²) in [5.41, 5.74) is 4.09. The van der Waals surface area contributed by atoms with Crippen LogP contribution in [0.3, 0.4) is 0 Å². The average Bonchev–Trinajstić information content (AvgIpc) is 3.27. The van der Waals surface area contributed by atoms with Crippen LogP contribution in [0.4, 0.5) is 17.1 Å². The fourth-order valence-corrected chi connectivity index (χ4v) is 5.45. The number of benzene rings is 2. The van der Waals surface area contributed by atoms with Gasteiger partial charge in [-0.3, -0.25) is 9.59 Å². The Bertz CT molecular complexity index is 1210. The molecule has 0 saturated carbocycles. The van der Waals surface area contributed by atoms with Crippen molar-refractivity contribution >= 4 is 51.7 Å². The second-order valence-corrected chi connectivity index (χ2v) is 9.27. The molecule has 7 heteroatoms. The number of thiophene rings is 1. The Labute approximate surface area is 195 Å². The van der Waals surface area contributed by atoms with Crippen molar-refractivity contribution in [1.82, 2.24) is 0 Å². The van der Waals surface area contributed by atoms with E-state index in [1.54, 1.807) is 23.5 Å². The Balaban J connectivity index is 1.59. The van der Waals surface area contributed by atoms with Crippen LogP contribution in [-0.4, -0.2) is 18.2 Å². The van der Waals surface area contributed by atoms with E-state index in [1.807, 2.05) is 58.8 Å². The maximum absolute atomic E-state index is 13.2. The zero-order valence-electron chi connectivity index (χ0n) is 17.3. The zero-order valence-corrected chi connectivity index (χ0v) is 18.9. The number of para-hydroxylation sites is 3. The van der Waals surface area contributed by atoms with E-state index in [0.29, 0.717) is 17.1 Å². The van der Waals surface area contributed by atoms with E-state index in [9.17, 15) is 9.59 Å². The van der Waals surface area contributed by atoms with E-state index >= 15 is 0 Å². The summed E-state index contributed by atoms with van der Waals surface area (Å²) in [5.74, 6) is -0.0526. The number of nitrogens with one attached hydrogen (secondary N) is 2. The van der Waals surface area contributed by atoms with Gasteiger partial charge >= 0.3 is 0 Å². The highest BCUT2D eigenvalue weighted by Gasteiger charge is 2.37. The quantitative estimate of drug-likeness (QED) is 0.496. The van der Waals surface area contributed by atoms with E-state index in [4.69, 9.17) is 11.6 Å². The second kappa shape index (κ2) is 8.81. The molecule has 0 radical (unpaired) electrons. The van der Waals surface area contributed by atoms with Crippen molar-refractivity contribution in [1.29, 1.82) is 0 Å². The molecule has 1 unspecified atom stereocenters. The number of halogens is 1. The molecule has 1 aliphatic heterocycles. The smallest absolute Gasteiger partial charge is 0.243 e. The highest BCUT2D eigenvalue weighted by atomic mass is 35.5. The monoisotopic (exact) mass is 463 g/mol. The van der Waals surface area contributed by atoms with Gasteiger partial charge in [-0.05, 0) is 48.6 Å². The maximum Gasteiger partial charge on any atom is 0.243 e. The molecular weight excluding hydrogens is 442 g/mol. The van der Waals surface area contributed by atoms with Crippen LogP contribution in [0.15, 0.2) is 77.3 Å². The Morgan fingerprint density at radius 3 is 2.72 bits per heavy atom. The van der Waals surface area contributed by atoms with Gasteiger partial charge in [0, 0.05) is 22.6 Å². The fourth-order valence-electron chi connectivity index (χ4n) is 4.42. The molecule has 3 aromatic rings. The highest BCUT2D eigenvalue weighted by Crippen LogP contribution is 2.45. The van der Waals surface area contributed by atoms with Gasteiger partial charge in [-0.1, -0.05) is 41.9 Å². The zero-order chi connectivity index (χ0) is 22.1. The number of hydrogen-bond acceptors (Lipinski definition) is 5. The van der Waals surface area contributed by atoms with Gasteiger partial charge in [0.15, 0.2) is 5.78 Å². The van der Waals surface area contributed by atoms with Crippen molar-refractivity contribution in [2.24, 2.45) is 0 Å². The normalized spacial score (nSPS) is 17.8. The number of carbonyl (C=O) groups is 2. The molecule has 1 aliphatic carbocycles. The topological polar surface area (TPSA) is 61.4 Å². The van der Waals surface area contributed by atoms with Gasteiger partial charge in [0.2, 0.25) is 5.91 Å². The lowest BCUT2D eigenvalue weighted by Crippen LogP contribution is -2.38. The first-order valence-electron chi connectivity index (χ1n) is 10.6. The molecule has 0 saturated heterocycles. The summed E-state index contributed by atoms with van der Waals surface area (Å²) in [6.07, 6.45) is 2.17. The summed E-state index contributed by atoms with van der Waals surface area (Å²) < 4.78 is 0. The van der Waals surface area contributed by atoms with Crippen molar-refractivity contribution in [3.05, 3.63) is 87.2 Å². The van der Waals surface area contributed by atoms with Crippen molar-refractivity contribution in [2.75, 3.05) is 22.1 Å². The fraction of sp³-hybridized carbons (Fsp3) is 0.200. The molecule has 5 nitrogen and oxygen atoms in total. The Kier molecular flexibility index (Phi) is 5.72. The number of ketones is 1. The minimum absolute atomic E-state index is 0.0799. The third-order valence-corrected chi connectivity index (χ3v) is 7.07. The van der Waals surface area contributed by atoms with Gasteiger partial charge in [-0.2, -0.15) is 0 Å². The minimum atomic E-state index is -0.328. The molecule has 1 aromatic heterocycles. The molecule has 0 fully saturated rings. The number of carbonyl (C=O) groups excluding carboxylic acids is 2. The van der Waals surface area contributed by atoms with Gasteiger partial charge in [-0.25, -0.2) is 0 Å². The first-order chi connectivity index (χ1) is 15.6. The number of fused-ring (bicyclic) bond motifs is 1. The molecule has 0 spiro atoms. The van der Waals surface area contributed by atoms with Crippen LogP contribution in [0.25, 0.3) is 0 Å². The van der Waals surface area contributed by atoms with E-state index < -0.39 is 0 Å². The number of hydrogen-bond donors (Lipinski definition) is 2. The number of Topliss-reactive ketones (excluding diaryl/α,β-unsaturated/α-hetero) is 1. The van der Waals surface area contributed by atoms with Crippen LogP contribution in [0, 0.1) is 0 Å². The summed E-state index contributed by atoms with van der Waals surface area (Å²) >= 11 is 7.85. The minimum Gasteiger partial charge on any atom is -0.357 e. The second-order valence-electron chi connectivity index (χ2n) is 7.88. The first kappa shape index (κ1) is 20.8. The van der Waals surface area contributed by atoms with Crippen molar-refractivity contribution in [3.8, 4) is 0 Å². The number of amides is 1. The lowest BCUT2D eigenvalue weighted by Gasteiger charge is -2.34. The van der Waals surface area contributed by atoms with Crippen LogP contribution >= 0.6 is 22.9 Å². The van der Waals surface area contributed by atoms with Gasteiger partial charge in [-0.15, -0.1) is 11.3 Å². The third-order valence-electron chi connectivity index (χ3n) is 5.81. The van der Waals surface area contributed by atoms with Gasteiger partial charge in [0.1, 0.15) is 0 Å². The van der Waals surface area contributed by atoms with Crippen molar-refractivity contribution in [3.63, 3.8) is 0 Å². The van der Waals surface area contributed by atoms with E-state index in [0.717, 1.165) is 40.4 Å². The summed E-state index contributed by atoms with van der Waals surface area (Å²) in [5, 5.41) is 8.94. The highest BCUT2D eigenvalue weighted by molar-refractivity contribution is 7.10. The van der Waals surface area contributed by atoms with Gasteiger partial charge in [0.25, 0.3) is 0 Å². The number of nitrogens with zero attached hydrogens (tertiary/aromatic N) is 1. The van der Waals surface area contributed by atoms with Crippen LogP contribution in [-0.2, 0) is 9.59 Å². The Morgan fingerprint density at radius 1 is 1.09 bits per heavy atom. The maximum atomic E-state index is 13.2. The Hall–Kier alpha value is -3.09. The molecule has 2 N–H and O–H groups in total. The van der Waals surface area contributed by atoms with Gasteiger partial charge < -0.3 is 15.5 Å². The predicted molar refractivity (Wildman–Crippen MR) is 130 cm³/mol. The van der Waals surface area contributed by atoms with E-state index in [2.05, 4.69) is 10.6 Å². The molecule has 1 atom stereocenters. The molecule has 1 amide bonds. The Morgan fingerprint density at radius 2 is 1.91 bits per heavy atom. The average molecular weight is 464 g/mol. The predicted octanol–water partition coefficient (Wildman–Crippen LogP) is 6.02. The summed E-state index contributed by atoms with van der Waals surface area (Å²) in [6.45, 7) is 0.0799. The summed E-state index contributed by atoms with van der Waals surface area (Å²) in [6, 6.07) is 18.8. The van der Waals surface area contributed by atoms with Crippen LogP contribution in [0.2, 0.25) is 5.02 Å².